The monoisotopic (exact) mass is 228 g/mol. The minimum atomic E-state index is 0.0142. The minimum Gasteiger partial charge on any atom is -0.327 e. The van der Waals surface area contributed by atoms with Crippen LogP contribution in [0, 0.1) is 25.2 Å². The average Bonchev–Trinajstić information content (AvgIpc) is 3.11. The number of hydrogen-bond acceptors (Lipinski definition) is 2. The van der Waals surface area contributed by atoms with Gasteiger partial charge in [0.2, 0.25) is 0 Å². The lowest BCUT2D eigenvalue weighted by Crippen LogP contribution is -2.33. The average molecular weight is 228 g/mol. The summed E-state index contributed by atoms with van der Waals surface area (Å²) in [5.74, 6) is 3.22. The van der Waals surface area contributed by atoms with Crippen molar-refractivity contribution >= 4 is 5.91 Å². The zero-order chi connectivity index (χ0) is 12.3. The van der Waals surface area contributed by atoms with E-state index in [9.17, 15) is 4.79 Å². The van der Waals surface area contributed by atoms with Crippen molar-refractivity contribution in [2.75, 3.05) is 13.1 Å². The van der Waals surface area contributed by atoms with Crippen LogP contribution in [0.2, 0.25) is 0 Å². The van der Waals surface area contributed by atoms with Crippen LogP contribution in [0.3, 0.4) is 0 Å². The highest BCUT2D eigenvalue weighted by atomic mass is 16.2. The lowest BCUT2D eigenvalue weighted by Gasteiger charge is -2.20. The second-order valence-electron chi connectivity index (χ2n) is 4.52. The van der Waals surface area contributed by atoms with Gasteiger partial charge in [-0.25, -0.2) is 0 Å². The molecule has 3 heteroatoms. The van der Waals surface area contributed by atoms with Crippen molar-refractivity contribution in [3.63, 3.8) is 0 Å². The van der Waals surface area contributed by atoms with Gasteiger partial charge in [0.05, 0.1) is 6.54 Å². The Labute approximate surface area is 102 Å². The van der Waals surface area contributed by atoms with E-state index in [4.69, 9.17) is 6.42 Å². The summed E-state index contributed by atoms with van der Waals surface area (Å²) in [6.45, 7) is 3.05. The summed E-state index contributed by atoms with van der Waals surface area (Å²) in [5, 5.41) is 0. The summed E-state index contributed by atoms with van der Waals surface area (Å²) in [7, 11) is 0. The van der Waals surface area contributed by atoms with Crippen molar-refractivity contribution in [2.45, 2.75) is 19.8 Å². The largest absolute Gasteiger partial charge is 0.327 e. The van der Waals surface area contributed by atoms with E-state index in [2.05, 4.69) is 10.9 Å². The van der Waals surface area contributed by atoms with Crippen LogP contribution in [-0.4, -0.2) is 28.9 Å². The fourth-order valence-electron chi connectivity index (χ4n) is 1.80. The number of carbonyl (C=O) groups excluding carboxylic acids is 1. The molecule has 1 saturated carbocycles. The third kappa shape index (κ3) is 3.07. The fourth-order valence-corrected chi connectivity index (χ4v) is 1.80. The Morgan fingerprint density at radius 1 is 1.65 bits per heavy atom. The first-order valence-electron chi connectivity index (χ1n) is 5.86. The van der Waals surface area contributed by atoms with E-state index >= 15 is 0 Å². The Kier molecular flexibility index (Phi) is 3.43. The normalized spacial score (nSPS) is 14.1. The van der Waals surface area contributed by atoms with Gasteiger partial charge >= 0.3 is 0 Å². The Bertz CT molecular complexity index is 458. The van der Waals surface area contributed by atoms with Gasteiger partial charge in [0.15, 0.2) is 0 Å². The number of terminal acetylenes is 1. The topological polar surface area (TPSA) is 33.2 Å². The van der Waals surface area contributed by atoms with Crippen molar-refractivity contribution in [3.8, 4) is 12.3 Å². The van der Waals surface area contributed by atoms with Gasteiger partial charge in [-0.05, 0) is 37.8 Å². The van der Waals surface area contributed by atoms with Crippen molar-refractivity contribution in [1.29, 1.82) is 0 Å². The molecule has 0 radical (unpaired) electrons. The second-order valence-corrected chi connectivity index (χ2v) is 4.52. The summed E-state index contributed by atoms with van der Waals surface area (Å²) in [4.78, 5) is 18.1. The first kappa shape index (κ1) is 11.7. The Morgan fingerprint density at radius 3 is 3.00 bits per heavy atom. The highest BCUT2D eigenvalue weighted by molar-refractivity contribution is 5.94. The maximum atomic E-state index is 12.3. The number of rotatable bonds is 4. The van der Waals surface area contributed by atoms with Crippen LogP contribution >= 0.6 is 0 Å². The Hall–Kier alpha value is -1.82. The van der Waals surface area contributed by atoms with E-state index in [1.54, 1.807) is 23.2 Å². The molecule has 1 aliphatic rings. The summed E-state index contributed by atoms with van der Waals surface area (Å²) >= 11 is 0. The van der Waals surface area contributed by atoms with Crippen molar-refractivity contribution in [2.24, 2.45) is 5.92 Å². The second kappa shape index (κ2) is 5.01. The van der Waals surface area contributed by atoms with Crippen LogP contribution in [0.15, 0.2) is 18.3 Å². The van der Waals surface area contributed by atoms with Crippen LogP contribution in [0.5, 0.6) is 0 Å². The summed E-state index contributed by atoms with van der Waals surface area (Å²) in [6, 6.07) is 3.55. The SMILES string of the molecule is C#CCN(CC1CC1)C(=O)c1ccnc(C)c1. The predicted octanol–water partition coefficient (Wildman–Crippen LogP) is 1.88. The van der Waals surface area contributed by atoms with Crippen LogP contribution in [-0.2, 0) is 0 Å². The van der Waals surface area contributed by atoms with Gasteiger partial charge in [0.1, 0.15) is 0 Å². The maximum Gasteiger partial charge on any atom is 0.254 e. The lowest BCUT2D eigenvalue weighted by molar-refractivity contribution is 0.0769. The van der Waals surface area contributed by atoms with E-state index in [1.165, 1.54) is 12.8 Å². The molecule has 0 aliphatic heterocycles. The van der Waals surface area contributed by atoms with Crippen LogP contribution < -0.4 is 0 Å². The van der Waals surface area contributed by atoms with E-state index in [0.717, 1.165) is 12.2 Å². The zero-order valence-corrected chi connectivity index (χ0v) is 10.0. The molecule has 1 aliphatic carbocycles. The highest BCUT2D eigenvalue weighted by Gasteiger charge is 2.26. The minimum absolute atomic E-state index is 0.0142. The van der Waals surface area contributed by atoms with Crippen LogP contribution in [0.4, 0.5) is 0 Å². The third-order valence-electron chi connectivity index (χ3n) is 2.89. The molecule has 0 atom stereocenters. The van der Waals surface area contributed by atoms with E-state index < -0.39 is 0 Å². The number of pyridine rings is 1. The van der Waals surface area contributed by atoms with Crippen LogP contribution in [0.1, 0.15) is 28.9 Å². The van der Waals surface area contributed by atoms with Crippen molar-refractivity contribution < 1.29 is 4.79 Å². The molecule has 0 bridgehead atoms. The molecule has 17 heavy (non-hydrogen) atoms. The lowest BCUT2D eigenvalue weighted by atomic mass is 10.2. The molecular weight excluding hydrogens is 212 g/mol. The molecule has 1 amide bonds. The molecule has 2 rings (SSSR count). The smallest absolute Gasteiger partial charge is 0.254 e. The summed E-state index contributed by atoms with van der Waals surface area (Å²) < 4.78 is 0. The number of nitrogens with zero attached hydrogens (tertiary/aromatic N) is 2. The zero-order valence-electron chi connectivity index (χ0n) is 10.0. The number of carbonyl (C=O) groups is 1. The molecule has 0 spiro atoms. The number of hydrogen-bond donors (Lipinski definition) is 0. The first-order chi connectivity index (χ1) is 8.20. The van der Waals surface area contributed by atoms with Gasteiger partial charge in [0.25, 0.3) is 5.91 Å². The highest BCUT2D eigenvalue weighted by Crippen LogP contribution is 2.30. The van der Waals surface area contributed by atoms with Crippen LogP contribution in [0.25, 0.3) is 0 Å². The predicted molar refractivity (Wildman–Crippen MR) is 66.4 cm³/mol. The fraction of sp³-hybridized carbons (Fsp3) is 0.429. The molecule has 1 fully saturated rings. The molecular formula is C14H16N2O. The van der Waals surface area contributed by atoms with Gasteiger partial charge in [-0.15, -0.1) is 6.42 Å². The molecule has 1 aromatic rings. The maximum absolute atomic E-state index is 12.3. The summed E-state index contributed by atoms with van der Waals surface area (Å²) in [6.07, 6.45) is 9.40. The van der Waals surface area contributed by atoms with Crippen molar-refractivity contribution in [1.82, 2.24) is 9.88 Å². The van der Waals surface area contributed by atoms with Crippen molar-refractivity contribution in [3.05, 3.63) is 29.6 Å². The van der Waals surface area contributed by atoms with Gasteiger partial charge in [0, 0.05) is 24.0 Å². The standard InChI is InChI=1S/C14H16N2O/c1-3-8-16(10-12-4-5-12)14(17)13-6-7-15-11(2)9-13/h1,6-7,9,12H,4-5,8,10H2,2H3. The first-order valence-corrected chi connectivity index (χ1v) is 5.86. The molecule has 0 saturated heterocycles. The summed E-state index contributed by atoms with van der Waals surface area (Å²) in [5.41, 5.74) is 1.52. The van der Waals surface area contributed by atoms with Gasteiger partial charge in [-0.3, -0.25) is 9.78 Å². The molecule has 88 valence electrons. The Balaban J connectivity index is 2.12. The molecule has 1 heterocycles. The van der Waals surface area contributed by atoms with Gasteiger partial charge in [-0.1, -0.05) is 5.92 Å². The molecule has 0 unspecified atom stereocenters. The molecule has 3 nitrogen and oxygen atoms in total. The third-order valence-corrected chi connectivity index (χ3v) is 2.89. The van der Waals surface area contributed by atoms with Gasteiger partial charge in [-0.2, -0.15) is 0 Å². The number of aromatic nitrogens is 1. The number of amides is 1. The molecule has 1 aromatic heterocycles. The quantitative estimate of drug-likeness (QED) is 0.737. The Morgan fingerprint density at radius 2 is 2.41 bits per heavy atom. The number of aryl methyl sites for hydroxylation is 1. The van der Waals surface area contributed by atoms with E-state index in [-0.39, 0.29) is 5.91 Å². The molecule has 0 N–H and O–H groups in total. The van der Waals surface area contributed by atoms with E-state index in [0.29, 0.717) is 18.0 Å². The van der Waals surface area contributed by atoms with Gasteiger partial charge < -0.3 is 4.90 Å². The molecule has 0 aromatic carbocycles. The van der Waals surface area contributed by atoms with E-state index in [1.807, 2.05) is 6.92 Å².